The van der Waals surface area contributed by atoms with Crippen LogP contribution in [0.25, 0.3) is 0 Å². The van der Waals surface area contributed by atoms with Gasteiger partial charge in [-0.2, -0.15) is 4.98 Å². The van der Waals surface area contributed by atoms with Gasteiger partial charge in [-0.15, -0.1) is 0 Å². The molecule has 2 rings (SSSR count). The molecule has 0 saturated carbocycles. The molecule has 1 unspecified atom stereocenters. The van der Waals surface area contributed by atoms with Crippen molar-refractivity contribution in [1.29, 1.82) is 0 Å². The van der Waals surface area contributed by atoms with Gasteiger partial charge in [-0.05, 0) is 31.2 Å². The number of amides is 1. The summed E-state index contributed by atoms with van der Waals surface area (Å²) in [6, 6.07) is 4.87. The number of ether oxygens (including phenoxy) is 2. The van der Waals surface area contributed by atoms with Gasteiger partial charge in [0, 0.05) is 0 Å². The smallest absolute Gasteiger partial charge is 0.346 e. The summed E-state index contributed by atoms with van der Waals surface area (Å²) >= 11 is 0. The van der Waals surface area contributed by atoms with Crippen LogP contribution in [0.3, 0.4) is 0 Å². The molecule has 0 saturated heterocycles. The number of hydrogen-bond acceptors (Lipinski definition) is 7. The molecule has 1 aromatic carbocycles. The minimum atomic E-state index is -1.33. The van der Waals surface area contributed by atoms with Crippen LogP contribution in [0.4, 0.5) is 4.39 Å². The number of halogens is 1. The Morgan fingerprint density at radius 1 is 1.36 bits per heavy atom. The number of benzene rings is 1. The lowest BCUT2D eigenvalue weighted by atomic mass is 10.3. The maximum Gasteiger partial charge on any atom is 0.346 e. The first kappa shape index (κ1) is 18.3. The van der Waals surface area contributed by atoms with Gasteiger partial charge in [0.25, 0.3) is 5.89 Å². The molecule has 2 aromatic rings. The summed E-state index contributed by atoms with van der Waals surface area (Å²) in [6.07, 6.45) is -1.33. The van der Waals surface area contributed by atoms with Crippen molar-refractivity contribution in [3.05, 3.63) is 41.8 Å². The first-order chi connectivity index (χ1) is 11.9. The molecule has 10 heteroatoms. The van der Waals surface area contributed by atoms with Gasteiger partial charge in [-0.1, -0.05) is 5.16 Å². The van der Waals surface area contributed by atoms with Gasteiger partial charge in [-0.25, -0.2) is 9.18 Å². The molecule has 134 valence electrons. The van der Waals surface area contributed by atoms with E-state index in [1.54, 1.807) is 6.92 Å². The van der Waals surface area contributed by atoms with Crippen LogP contribution >= 0.6 is 0 Å². The Morgan fingerprint density at radius 3 is 2.68 bits per heavy atom. The van der Waals surface area contributed by atoms with E-state index in [2.05, 4.69) is 15.5 Å². The van der Waals surface area contributed by atoms with E-state index in [-0.39, 0.29) is 31.4 Å². The summed E-state index contributed by atoms with van der Waals surface area (Å²) in [4.78, 5) is 26.7. The lowest BCUT2D eigenvalue weighted by Gasteiger charge is -2.15. The number of aromatic nitrogens is 2. The van der Waals surface area contributed by atoms with E-state index in [9.17, 15) is 14.0 Å². The van der Waals surface area contributed by atoms with E-state index in [1.807, 2.05) is 0 Å². The molecule has 0 aliphatic carbocycles. The standard InChI is InChI=1S/C15H16FN3O6/c1-9-18-14(25-19-9)8-23-7-13(20)17-6-12(15(21)22)24-11-4-2-10(16)3-5-11/h2-5,12H,6-8H2,1H3,(H,17,20)(H,21,22). The molecule has 0 aliphatic heterocycles. The van der Waals surface area contributed by atoms with E-state index in [1.165, 1.54) is 12.1 Å². The van der Waals surface area contributed by atoms with Crippen LogP contribution in [-0.2, 0) is 20.9 Å². The highest BCUT2D eigenvalue weighted by atomic mass is 19.1. The molecule has 0 fully saturated rings. The van der Waals surface area contributed by atoms with Crippen molar-refractivity contribution >= 4 is 11.9 Å². The summed E-state index contributed by atoms with van der Waals surface area (Å²) in [5.41, 5.74) is 0. The number of nitrogens with zero attached hydrogens (tertiary/aromatic N) is 2. The van der Waals surface area contributed by atoms with Gasteiger partial charge < -0.3 is 24.4 Å². The Kier molecular flexibility index (Phi) is 6.40. The SMILES string of the molecule is Cc1noc(COCC(=O)NCC(Oc2ccc(F)cc2)C(=O)O)n1. The van der Waals surface area contributed by atoms with Crippen molar-refractivity contribution < 1.29 is 33.1 Å². The third kappa shape index (κ3) is 6.18. The highest BCUT2D eigenvalue weighted by molar-refractivity contribution is 5.79. The quantitative estimate of drug-likeness (QED) is 0.674. The molecule has 25 heavy (non-hydrogen) atoms. The zero-order chi connectivity index (χ0) is 18.2. The van der Waals surface area contributed by atoms with E-state index >= 15 is 0 Å². The number of carboxylic acids is 1. The molecule has 0 radical (unpaired) electrons. The topological polar surface area (TPSA) is 124 Å². The third-order valence-electron chi connectivity index (χ3n) is 2.88. The molecule has 1 atom stereocenters. The summed E-state index contributed by atoms with van der Waals surface area (Å²) < 4.78 is 27.9. The van der Waals surface area contributed by atoms with Gasteiger partial charge in [-0.3, -0.25) is 4.79 Å². The monoisotopic (exact) mass is 353 g/mol. The summed E-state index contributed by atoms with van der Waals surface area (Å²) in [5, 5.41) is 15.1. The average Bonchev–Trinajstić information content (AvgIpc) is 2.98. The molecular weight excluding hydrogens is 337 g/mol. The van der Waals surface area contributed by atoms with Crippen molar-refractivity contribution in [3.8, 4) is 5.75 Å². The second-order valence-corrected chi connectivity index (χ2v) is 4.93. The van der Waals surface area contributed by atoms with E-state index in [0.29, 0.717) is 5.82 Å². The molecule has 0 spiro atoms. The molecule has 9 nitrogen and oxygen atoms in total. The van der Waals surface area contributed by atoms with Crippen LogP contribution in [0.1, 0.15) is 11.7 Å². The number of rotatable bonds is 9. The number of carbonyl (C=O) groups is 2. The van der Waals surface area contributed by atoms with Crippen molar-refractivity contribution in [2.24, 2.45) is 0 Å². The van der Waals surface area contributed by atoms with Crippen molar-refractivity contribution in [2.75, 3.05) is 13.2 Å². The maximum absolute atomic E-state index is 12.8. The van der Waals surface area contributed by atoms with Crippen LogP contribution in [0.5, 0.6) is 5.75 Å². The highest BCUT2D eigenvalue weighted by Gasteiger charge is 2.20. The van der Waals surface area contributed by atoms with Crippen LogP contribution in [0.15, 0.2) is 28.8 Å². The molecule has 1 heterocycles. The fourth-order valence-electron chi connectivity index (χ4n) is 1.74. The second kappa shape index (κ2) is 8.73. The molecule has 0 aliphatic rings. The molecule has 2 N–H and O–H groups in total. The first-order valence-electron chi connectivity index (χ1n) is 7.22. The van der Waals surface area contributed by atoms with Gasteiger partial charge in [0.2, 0.25) is 12.0 Å². The predicted octanol–water partition coefficient (Wildman–Crippen LogP) is 0.682. The molecule has 1 aromatic heterocycles. The van der Waals surface area contributed by atoms with E-state index < -0.39 is 23.8 Å². The molecule has 0 bridgehead atoms. The van der Waals surface area contributed by atoms with Gasteiger partial charge in [0.05, 0.1) is 6.54 Å². The summed E-state index contributed by atoms with van der Waals surface area (Å²) in [7, 11) is 0. The summed E-state index contributed by atoms with van der Waals surface area (Å²) in [6.45, 7) is 1.01. The number of aliphatic carboxylic acids is 1. The van der Waals surface area contributed by atoms with Crippen LogP contribution in [-0.4, -0.2) is 46.4 Å². The minimum absolute atomic E-state index is 0.0390. The number of nitrogens with one attached hydrogen (secondary N) is 1. The van der Waals surface area contributed by atoms with Gasteiger partial charge >= 0.3 is 5.97 Å². The van der Waals surface area contributed by atoms with Crippen LogP contribution in [0.2, 0.25) is 0 Å². The zero-order valence-corrected chi connectivity index (χ0v) is 13.3. The number of hydrogen-bond donors (Lipinski definition) is 2. The Morgan fingerprint density at radius 2 is 2.08 bits per heavy atom. The Balaban J connectivity index is 1.74. The highest BCUT2D eigenvalue weighted by Crippen LogP contribution is 2.13. The van der Waals surface area contributed by atoms with Crippen molar-refractivity contribution in [3.63, 3.8) is 0 Å². The third-order valence-corrected chi connectivity index (χ3v) is 2.88. The van der Waals surface area contributed by atoms with Gasteiger partial charge in [0.1, 0.15) is 24.8 Å². The lowest BCUT2D eigenvalue weighted by Crippen LogP contribution is -2.41. The van der Waals surface area contributed by atoms with Crippen molar-refractivity contribution in [1.82, 2.24) is 15.5 Å². The van der Waals surface area contributed by atoms with Crippen LogP contribution in [0, 0.1) is 12.7 Å². The fourth-order valence-corrected chi connectivity index (χ4v) is 1.74. The van der Waals surface area contributed by atoms with E-state index in [0.717, 1.165) is 12.1 Å². The normalized spacial score (nSPS) is 11.8. The lowest BCUT2D eigenvalue weighted by molar-refractivity contribution is -0.145. The van der Waals surface area contributed by atoms with E-state index in [4.69, 9.17) is 19.1 Å². The largest absolute Gasteiger partial charge is 0.478 e. The number of carbonyl (C=O) groups excluding carboxylic acids is 1. The minimum Gasteiger partial charge on any atom is -0.478 e. The maximum atomic E-state index is 12.8. The second-order valence-electron chi connectivity index (χ2n) is 4.93. The van der Waals surface area contributed by atoms with Crippen molar-refractivity contribution in [2.45, 2.75) is 19.6 Å². The number of aryl methyl sites for hydroxylation is 1. The Bertz CT molecular complexity index is 718. The average molecular weight is 353 g/mol. The number of carboxylic acid groups (broad SMARTS) is 1. The Hall–Kier alpha value is -3.01. The predicted molar refractivity (Wildman–Crippen MR) is 80.2 cm³/mol. The molecule has 1 amide bonds. The Labute approximate surface area is 141 Å². The zero-order valence-electron chi connectivity index (χ0n) is 13.3. The fraction of sp³-hybridized carbons (Fsp3) is 0.333. The van der Waals surface area contributed by atoms with Crippen LogP contribution < -0.4 is 10.1 Å². The first-order valence-corrected chi connectivity index (χ1v) is 7.22. The van der Waals surface area contributed by atoms with Gasteiger partial charge in [0.15, 0.2) is 5.82 Å². The molecular formula is C15H16FN3O6. The summed E-state index contributed by atoms with van der Waals surface area (Å²) in [5.74, 6) is -1.43.